The smallest absolute Gasteiger partial charge is 0.250 e. The van der Waals surface area contributed by atoms with Gasteiger partial charge in [0.2, 0.25) is 5.88 Å². The average Bonchev–Trinajstić information content (AvgIpc) is 3.23. The Labute approximate surface area is 179 Å². The van der Waals surface area contributed by atoms with Crippen LogP contribution >= 0.6 is 11.6 Å². The maximum absolute atomic E-state index is 12.7. The molecule has 1 unspecified atom stereocenters. The molecule has 0 radical (unpaired) electrons. The maximum Gasteiger partial charge on any atom is 0.250 e. The van der Waals surface area contributed by atoms with Crippen LogP contribution in [0.5, 0.6) is 5.88 Å². The first-order valence-electron chi connectivity index (χ1n) is 9.58. The zero-order chi connectivity index (χ0) is 21.1. The van der Waals surface area contributed by atoms with Crippen LogP contribution in [0.15, 0.2) is 66.9 Å². The number of hydrogen-bond donors (Lipinski definition) is 1. The highest BCUT2D eigenvalue weighted by molar-refractivity contribution is 6.31. The Bertz CT molecular complexity index is 1090. The number of carbonyl (C=O) groups is 2. The number of ketones is 1. The summed E-state index contributed by atoms with van der Waals surface area (Å²) in [6.45, 7) is 1.24. The first kappa shape index (κ1) is 19.9. The lowest BCUT2D eigenvalue weighted by atomic mass is 9.99. The topological polar surface area (TPSA) is 85.5 Å². The first-order chi connectivity index (χ1) is 14.5. The quantitative estimate of drug-likeness (QED) is 0.613. The van der Waals surface area contributed by atoms with Crippen LogP contribution in [0.25, 0.3) is 0 Å². The number of rotatable bonds is 6. The number of amides is 1. The molecule has 1 aliphatic rings. The second-order valence-electron chi connectivity index (χ2n) is 7.06. The summed E-state index contributed by atoms with van der Waals surface area (Å²) in [7, 11) is 0. The van der Waals surface area contributed by atoms with Crippen molar-refractivity contribution in [3.05, 3.63) is 88.6 Å². The maximum atomic E-state index is 12.7. The van der Waals surface area contributed by atoms with Crippen molar-refractivity contribution in [2.45, 2.75) is 12.5 Å². The molecule has 0 saturated carbocycles. The fourth-order valence-corrected chi connectivity index (χ4v) is 3.73. The van der Waals surface area contributed by atoms with Gasteiger partial charge >= 0.3 is 0 Å². The minimum atomic E-state index is -0.579. The second kappa shape index (κ2) is 8.55. The Balaban J connectivity index is 1.55. The summed E-state index contributed by atoms with van der Waals surface area (Å²) in [4.78, 5) is 31.1. The van der Waals surface area contributed by atoms with Crippen LogP contribution in [0, 0.1) is 0 Å². The summed E-state index contributed by atoms with van der Waals surface area (Å²) in [5.41, 5.74) is 7.61. The Morgan fingerprint density at radius 2 is 1.87 bits per heavy atom. The zero-order valence-electron chi connectivity index (χ0n) is 16.1. The molecule has 2 heterocycles. The summed E-state index contributed by atoms with van der Waals surface area (Å²) >= 11 is 6.13. The number of carbonyl (C=O) groups excluding carboxylic acids is 2. The molecule has 1 saturated heterocycles. The molecule has 1 atom stereocenters. The van der Waals surface area contributed by atoms with Crippen LogP contribution in [0.1, 0.15) is 32.7 Å². The molecule has 3 aromatic rings. The largest absolute Gasteiger partial charge is 0.471 e. The molecule has 7 heteroatoms. The van der Waals surface area contributed by atoms with Crippen LogP contribution in [0.2, 0.25) is 5.02 Å². The van der Waals surface area contributed by atoms with E-state index in [-0.39, 0.29) is 11.9 Å². The van der Waals surface area contributed by atoms with Crippen molar-refractivity contribution in [2.75, 3.05) is 18.0 Å². The number of pyridine rings is 1. The van der Waals surface area contributed by atoms with Gasteiger partial charge in [0.05, 0.1) is 12.1 Å². The number of anilines is 1. The summed E-state index contributed by atoms with van der Waals surface area (Å²) in [6.07, 6.45) is 2.25. The van der Waals surface area contributed by atoms with Crippen LogP contribution in [-0.4, -0.2) is 35.9 Å². The fraction of sp³-hybridized carbons (Fsp3) is 0.174. The van der Waals surface area contributed by atoms with Crippen LogP contribution in [-0.2, 0) is 0 Å². The third kappa shape index (κ3) is 4.14. The Morgan fingerprint density at radius 1 is 1.07 bits per heavy atom. The summed E-state index contributed by atoms with van der Waals surface area (Å²) < 4.78 is 5.92. The molecule has 1 aliphatic heterocycles. The highest BCUT2D eigenvalue weighted by Gasteiger charge is 2.28. The van der Waals surface area contributed by atoms with Gasteiger partial charge in [-0.05, 0) is 30.3 Å². The summed E-state index contributed by atoms with van der Waals surface area (Å²) in [5, 5.41) is 0.456. The van der Waals surface area contributed by atoms with E-state index in [2.05, 4.69) is 4.98 Å². The predicted molar refractivity (Wildman–Crippen MR) is 115 cm³/mol. The molecule has 0 aliphatic carbocycles. The number of hydrogen-bond acceptors (Lipinski definition) is 5. The fourth-order valence-electron chi connectivity index (χ4n) is 3.57. The van der Waals surface area contributed by atoms with Crippen LogP contribution in [0.3, 0.4) is 0 Å². The normalized spacial score (nSPS) is 15.8. The zero-order valence-corrected chi connectivity index (χ0v) is 16.9. The third-order valence-corrected chi connectivity index (χ3v) is 5.34. The van der Waals surface area contributed by atoms with Gasteiger partial charge in [-0.15, -0.1) is 0 Å². The molecule has 0 spiro atoms. The SMILES string of the molecule is NC(=O)c1cc(C(=O)c2ccccc2)ccc1N1CCC(Oc2ncccc2Cl)C1. The highest BCUT2D eigenvalue weighted by atomic mass is 35.5. The standard InChI is InChI=1S/C23H20ClN3O3/c24-19-7-4-11-26-23(19)30-17-10-12-27(14-17)20-9-8-16(13-18(20)22(25)29)21(28)15-5-2-1-3-6-15/h1-9,11,13,17H,10,12,14H2,(H2,25,29). The van der Waals surface area contributed by atoms with Crippen molar-refractivity contribution >= 4 is 29.0 Å². The molecule has 6 nitrogen and oxygen atoms in total. The third-order valence-electron chi connectivity index (χ3n) is 5.05. The van der Waals surface area contributed by atoms with E-state index in [0.717, 1.165) is 6.42 Å². The average molecular weight is 422 g/mol. The van der Waals surface area contributed by atoms with Gasteiger partial charge < -0.3 is 15.4 Å². The molecule has 1 amide bonds. The predicted octanol–water partition coefficient (Wildman–Crippen LogP) is 3.72. The summed E-state index contributed by atoms with van der Waals surface area (Å²) in [6, 6.07) is 17.5. The lowest BCUT2D eigenvalue weighted by Crippen LogP contribution is -2.27. The number of nitrogens with zero attached hydrogens (tertiary/aromatic N) is 2. The molecule has 4 rings (SSSR count). The number of benzene rings is 2. The molecule has 30 heavy (non-hydrogen) atoms. The first-order valence-corrected chi connectivity index (χ1v) is 9.96. The number of primary amides is 1. The summed E-state index contributed by atoms with van der Waals surface area (Å²) in [5.74, 6) is -0.341. The molecule has 2 aromatic carbocycles. The van der Waals surface area contributed by atoms with Crippen LogP contribution < -0.4 is 15.4 Å². The Morgan fingerprint density at radius 3 is 2.60 bits per heavy atom. The van der Waals surface area contributed by atoms with Crippen molar-refractivity contribution in [2.24, 2.45) is 5.73 Å². The van der Waals surface area contributed by atoms with Gasteiger partial charge in [-0.1, -0.05) is 41.9 Å². The number of nitrogens with two attached hydrogens (primary N) is 1. The minimum Gasteiger partial charge on any atom is -0.471 e. The van der Waals surface area contributed by atoms with Gasteiger partial charge in [0.15, 0.2) is 5.78 Å². The molecular weight excluding hydrogens is 402 g/mol. The van der Waals surface area contributed by atoms with Crippen molar-refractivity contribution in [1.82, 2.24) is 4.98 Å². The van der Waals surface area contributed by atoms with E-state index in [1.165, 1.54) is 0 Å². The molecular formula is C23H20ClN3O3. The molecule has 0 bridgehead atoms. The highest BCUT2D eigenvalue weighted by Crippen LogP contribution is 2.29. The molecule has 2 N–H and O–H groups in total. The van der Waals surface area contributed by atoms with Gasteiger partial charge in [0.1, 0.15) is 11.1 Å². The van der Waals surface area contributed by atoms with Crippen molar-refractivity contribution < 1.29 is 14.3 Å². The Hall–Kier alpha value is -3.38. The van der Waals surface area contributed by atoms with Gasteiger partial charge in [0, 0.05) is 36.0 Å². The van der Waals surface area contributed by atoms with E-state index >= 15 is 0 Å². The van der Waals surface area contributed by atoms with Crippen LogP contribution in [0.4, 0.5) is 5.69 Å². The van der Waals surface area contributed by atoms with Gasteiger partial charge in [0.25, 0.3) is 5.91 Å². The van der Waals surface area contributed by atoms with E-state index in [1.807, 2.05) is 11.0 Å². The molecule has 152 valence electrons. The minimum absolute atomic E-state index is 0.122. The van der Waals surface area contributed by atoms with Gasteiger partial charge in [-0.3, -0.25) is 9.59 Å². The van der Waals surface area contributed by atoms with Gasteiger partial charge in [-0.25, -0.2) is 4.98 Å². The second-order valence-corrected chi connectivity index (χ2v) is 7.46. The molecule has 1 aromatic heterocycles. The Kier molecular flexibility index (Phi) is 5.68. The van der Waals surface area contributed by atoms with E-state index in [4.69, 9.17) is 22.1 Å². The van der Waals surface area contributed by atoms with E-state index in [0.29, 0.717) is 46.4 Å². The van der Waals surface area contributed by atoms with E-state index in [1.54, 1.807) is 60.8 Å². The van der Waals surface area contributed by atoms with E-state index < -0.39 is 5.91 Å². The van der Waals surface area contributed by atoms with Gasteiger partial charge in [-0.2, -0.15) is 0 Å². The lowest BCUT2D eigenvalue weighted by molar-refractivity contribution is 0.100. The van der Waals surface area contributed by atoms with Crippen molar-refractivity contribution in [3.63, 3.8) is 0 Å². The van der Waals surface area contributed by atoms with E-state index in [9.17, 15) is 9.59 Å². The van der Waals surface area contributed by atoms with Crippen molar-refractivity contribution in [1.29, 1.82) is 0 Å². The van der Waals surface area contributed by atoms with Crippen molar-refractivity contribution in [3.8, 4) is 5.88 Å². The number of aromatic nitrogens is 1. The molecule has 1 fully saturated rings. The lowest BCUT2D eigenvalue weighted by Gasteiger charge is -2.22. The number of halogens is 1. The monoisotopic (exact) mass is 421 g/mol. The number of ether oxygens (including phenoxy) is 1.